The highest BCUT2D eigenvalue weighted by atomic mass is 32.2. The van der Waals surface area contributed by atoms with Crippen LogP contribution in [-0.2, 0) is 0 Å². The molecule has 0 bridgehead atoms. The number of rotatable bonds is 5. The monoisotopic (exact) mass is 368 g/mol. The summed E-state index contributed by atoms with van der Waals surface area (Å²) in [6, 6.07) is 14.8. The summed E-state index contributed by atoms with van der Waals surface area (Å²) < 4.78 is 23.6. The fourth-order valence-corrected chi connectivity index (χ4v) is 3.17. The molecule has 5 nitrogen and oxygen atoms in total. The molecule has 0 atom stereocenters. The molecule has 0 unspecified atom stereocenters. The summed E-state index contributed by atoms with van der Waals surface area (Å²) in [6.45, 7) is 0.224. The lowest BCUT2D eigenvalue weighted by atomic mass is 10.1. The molecule has 0 amide bonds. The van der Waals surface area contributed by atoms with Crippen LogP contribution in [0.3, 0.4) is 0 Å². The predicted molar refractivity (Wildman–Crippen MR) is 95.0 cm³/mol. The van der Waals surface area contributed by atoms with Gasteiger partial charge < -0.3 is 9.47 Å². The lowest BCUT2D eigenvalue weighted by Gasteiger charge is -2.04. The maximum atomic E-state index is 12.9. The Labute approximate surface area is 153 Å². The highest BCUT2D eigenvalue weighted by Crippen LogP contribution is 2.35. The Morgan fingerprint density at radius 3 is 2.58 bits per heavy atom. The summed E-state index contributed by atoms with van der Waals surface area (Å²) in [4.78, 5) is 12.1. The minimum absolute atomic E-state index is 0.0864. The lowest BCUT2D eigenvalue weighted by molar-refractivity contribution is 0.102. The van der Waals surface area contributed by atoms with Gasteiger partial charge in [-0.3, -0.25) is 4.79 Å². The Morgan fingerprint density at radius 2 is 1.81 bits per heavy atom. The van der Waals surface area contributed by atoms with E-state index in [-0.39, 0.29) is 24.1 Å². The van der Waals surface area contributed by atoms with Gasteiger partial charge in [0.2, 0.25) is 6.79 Å². The van der Waals surface area contributed by atoms with Crippen molar-refractivity contribution in [3.8, 4) is 22.8 Å². The number of fused-ring (bicyclic) bond motifs is 1. The number of ketones is 1. The van der Waals surface area contributed by atoms with Crippen LogP contribution in [0.15, 0.2) is 59.6 Å². The van der Waals surface area contributed by atoms with Crippen molar-refractivity contribution in [2.24, 2.45) is 0 Å². The van der Waals surface area contributed by atoms with Crippen LogP contribution in [-0.4, -0.2) is 28.5 Å². The second-order valence-corrected chi connectivity index (χ2v) is 6.54. The second kappa shape index (κ2) is 7.13. The number of nitrogens with zero attached hydrogens (tertiary/aromatic N) is 2. The van der Waals surface area contributed by atoms with Crippen molar-refractivity contribution in [2.75, 3.05) is 12.5 Å². The van der Waals surface area contributed by atoms with Crippen LogP contribution in [0.2, 0.25) is 0 Å². The lowest BCUT2D eigenvalue weighted by Crippen LogP contribution is -2.02. The molecule has 3 aromatic rings. The molecule has 130 valence electrons. The van der Waals surface area contributed by atoms with Crippen molar-refractivity contribution in [3.05, 3.63) is 66.0 Å². The number of carbonyl (C=O) groups is 1. The van der Waals surface area contributed by atoms with Gasteiger partial charge in [-0.15, -0.1) is 10.2 Å². The van der Waals surface area contributed by atoms with Gasteiger partial charge in [-0.2, -0.15) is 0 Å². The van der Waals surface area contributed by atoms with Gasteiger partial charge in [0.05, 0.1) is 11.4 Å². The molecule has 1 aromatic heterocycles. The van der Waals surface area contributed by atoms with Crippen LogP contribution in [0.4, 0.5) is 4.39 Å². The predicted octanol–water partition coefficient (Wildman–Crippen LogP) is 3.99. The van der Waals surface area contributed by atoms with E-state index in [1.165, 1.54) is 36.0 Å². The molecule has 2 aromatic carbocycles. The Kier molecular flexibility index (Phi) is 4.53. The second-order valence-electron chi connectivity index (χ2n) is 5.54. The van der Waals surface area contributed by atoms with E-state index in [4.69, 9.17) is 9.47 Å². The highest BCUT2D eigenvalue weighted by molar-refractivity contribution is 7.99. The quantitative estimate of drug-likeness (QED) is 0.501. The molecule has 26 heavy (non-hydrogen) atoms. The number of halogens is 1. The molecular weight excluding hydrogens is 355 g/mol. The number of hydrogen-bond donors (Lipinski definition) is 0. The standard InChI is InChI=1S/C19H13FN2O3S/c20-14-4-1-12(2-5-14)16(23)10-26-19-8-6-15(21-22-19)13-3-7-17-18(9-13)25-11-24-17/h1-9H,10-11H2. The smallest absolute Gasteiger partial charge is 0.231 e. The van der Waals surface area contributed by atoms with E-state index < -0.39 is 0 Å². The number of thioether (sulfide) groups is 1. The van der Waals surface area contributed by atoms with Gasteiger partial charge in [0.15, 0.2) is 17.3 Å². The number of benzene rings is 2. The van der Waals surface area contributed by atoms with Crippen LogP contribution < -0.4 is 9.47 Å². The van der Waals surface area contributed by atoms with Gasteiger partial charge in [-0.05, 0) is 54.6 Å². The molecule has 0 saturated carbocycles. The van der Waals surface area contributed by atoms with Crippen molar-refractivity contribution < 1.29 is 18.7 Å². The molecule has 1 aliphatic rings. The summed E-state index contributed by atoms with van der Waals surface area (Å²) in [5.74, 6) is 1.17. The van der Waals surface area contributed by atoms with Gasteiger partial charge >= 0.3 is 0 Å². The third kappa shape index (κ3) is 3.52. The van der Waals surface area contributed by atoms with E-state index in [0.29, 0.717) is 27.8 Å². The van der Waals surface area contributed by atoms with Crippen molar-refractivity contribution in [1.29, 1.82) is 0 Å². The van der Waals surface area contributed by atoms with E-state index in [2.05, 4.69) is 10.2 Å². The zero-order valence-electron chi connectivity index (χ0n) is 13.5. The molecule has 0 aliphatic carbocycles. The van der Waals surface area contributed by atoms with Crippen LogP contribution in [0.1, 0.15) is 10.4 Å². The number of carbonyl (C=O) groups excluding carboxylic acids is 1. The fourth-order valence-electron chi connectivity index (χ4n) is 2.47. The number of Topliss-reactive ketones (excluding diaryl/α,β-unsaturated/α-hetero) is 1. The molecular formula is C19H13FN2O3S. The van der Waals surface area contributed by atoms with E-state index in [1.807, 2.05) is 30.3 Å². The van der Waals surface area contributed by atoms with Crippen molar-refractivity contribution in [1.82, 2.24) is 10.2 Å². The summed E-state index contributed by atoms with van der Waals surface area (Å²) in [7, 11) is 0. The number of hydrogen-bond acceptors (Lipinski definition) is 6. The zero-order chi connectivity index (χ0) is 17.9. The third-order valence-electron chi connectivity index (χ3n) is 3.83. The van der Waals surface area contributed by atoms with Crippen molar-refractivity contribution in [3.63, 3.8) is 0 Å². The summed E-state index contributed by atoms with van der Waals surface area (Å²) in [6.07, 6.45) is 0. The molecule has 4 rings (SSSR count). The van der Waals surface area contributed by atoms with Gasteiger partial charge in [-0.1, -0.05) is 11.8 Å². The van der Waals surface area contributed by atoms with E-state index in [9.17, 15) is 9.18 Å². The van der Waals surface area contributed by atoms with Gasteiger partial charge in [0.25, 0.3) is 0 Å². The zero-order valence-corrected chi connectivity index (χ0v) is 14.3. The minimum Gasteiger partial charge on any atom is -0.454 e. The first-order valence-electron chi connectivity index (χ1n) is 7.84. The maximum Gasteiger partial charge on any atom is 0.231 e. The summed E-state index contributed by atoms with van der Waals surface area (Å²) in [5, 5.41) is 9.01. The minimum atomic E-state index is -0.362. The topological polar surface area (TPSA) is 61.3 Å². The summed E-state index contributed by atoms with van der Waals surface area (Å²) >= 11 is 1.29. The van der Waals surface area contributed by atoms with Crippen molar-refractivity contribution in [2.45, 2.75) is 5.03 Å². The molecule has 2 heterocycles. The average molecular weight is 368 g/mol. The molecule has 0 saturated heterocycles. The number of aromatic nitrogens is 2. The van der Waals surface area contributed by atoms with Crippen LogP contribution in [0.25, 0.3) is 11.3 Å². The van der Waals surface area contributed by atoms with Crippen LogP contribution in [0, 0.1) is 5.82 Å². The maximum absolute atomic E-state index is 12.9. The highest BCUT2D eigenvalue weighted by Gasteiger charge is 2.14. The molecule has 1 aliphatic heterocycles. The molecule has 7 heteroatoms. The Balaban J connectivity index is 1.41. The first-order chi connectivity index (χ1) is 12.7. The molecule has 0 fully saturated rings. The van der Waals surface area contributed by atoms with E-state index >= 15 is 0 Å². The van der Waals surface area contributed by atoms with Crippen molar-refractivity contribution >= 4 is 17.5 Å². The van der Waals surface area contributed by atoms with Gasteiger partial charge in [0.1, 0.15) is 10.8 Å². The fraction of sp³-hybridized carbons (Fsp3) is 0.105. The molecule has 0 radical (unpaired) electrons. The Bertz CT molecular complexity index is 946. The van der Waals surface area contributed by atoms with E-state index in [1.54, 1.807) is 0 Å². The van der Waals surface area contributed by atoms with Crippen LogP contribution >= 0.6 is 11.8 Å². The first-order valence-corrected chi connectivity index (χ1v) is 8.83. The summed E-state index contributed by atoms with van der Waals surface area (Å²) in [5.41, 5.74) is 2.06. The first kappa shape index (κ1) is 16.5. The normalized spacial score (nSPS) is 12.2. The average Bonchev–Trinajstić information content (AvgIpc) is 3.15. The van der Waals surface area contributed by atoms with Gasteiger partial charge in [0, 0.05) is 11.1 Å². The molecule has 0 N–H and O–H groups in total. The SMILES string of the molecule is O=C(CSc1ccc(-c2ccc3c(c2)OCO3)nn1)c1ccc(F)cc1. The van der Waals surface area contributed by atoms with Crippen LogP contribution in [0.5, 0.6) is 11.5 Å². The largest absolute Gasteiger partial charge is 0.454 e. The van der Waals surface area contributed by atoms with Gasteiger partial charge in [-0.25, -0.2) is 4.39 Å². The third-order valence-corrected chi connectivity index (χ3v) is 4.75. The Hall–Kier alpha value is -2.93. The Morgan fingerprint density at radius 1 is 1.00 bits per heavy atom. The van der Waals surface area contributed by atoms with E-state index in [0.717, 1.165) is 5.56 Å². The molecule has 0 spiro atoms. The number of ether oxygens (including phenoxy) is 2.